The summed E-state index contributed by atoms with van der Waals surface area (Å²) in [5.41, 5.74) is 3.29. The van der Waals surface area contributed by atoms with Gasteiger partial charge in [-0.2, -0.15) is 0 Å². The number of nitrogens with zero attached hydrogens (tertiary/aromatic N) is 2. The van der Waals surface area contributed by atoms with E-state index in [1.54, 1.807) is 32.0 Å². The second kappa shape index (κ2) is 10.4. The van der Waals surface area contributed by atoms with Gasteiger partial charge in [-0.3, -0.25) is 4.79 Å². The van der Waals surface area contributed by atoms with Gasteiger partial charge in [-0.15, -0.1) is 0 Å². The van der Waals surface area contributed by atoms with Crippen LogP contribution in [0.15, 0.2) is 70.3 Å². The maximum atomic E-state index is 12.9. The van der Waals surface area contributed by atoms with Crippen LogP contribution >= 0.6 is 23.4 Å². The van der Waals surface area contributed by atoms with Crippen LogP contribution < -0.4 is 10.1 Å². The van der Waals surface area contributed by atoms with E-state index in [4.69, 9.17) is 21.1 Å². The summed E-state index contributed by atoms with van der Waals surface area (Å²) in [6.07, 6.45) is 1.88. The molecule has 0 aliphatic carbocycles. The van der Waals surface area contributed by atoms with E-state index in [0.717, 1.165) is 16.3 Å². The Morgan fingerprint density at radius 3 is 2.79 bits per heavy atom. The van der Waals surface area contributed by atoms with Crippen molar-refractivity contribution in [1.29, 1.82) is 0 Å². The molecule has 2 aliphatic heterocycles. The summed E-state index contributed by atoms with van der Waals surface area (Å²) in [4.78, 5) is 32.0. The van der Waals surface area contributed by atoms with Gasteiger partial charge < -0.3 is 19.7 Å². The molecule has 2 aromatic rings. The quantitative estimate of drug-likeness (QED) is 0.513. The van der Waals surface area contributed by atoms with Crippen LogP contribution in [-0.4, -0.2) is 35.2 Å². The molecular weight excluding hydrogens is 474 g/mol. The number of halogens is 1. The zero-order chi connectivity index (χ0) is 24.2. The number of esters is 1. The number of hydrogen-bond donors (Lipinski definition) is 1. The largest absolute Gasteiger partial charge is 0.483 e. The molecule has 0 saturated carbocycles. The summed E-state index contributed by atoms with van der Waals surface area (Å²) < 4.78 is 11.3. The Morgan fingerprint density at radius 1 is 1.21 bits per heavy atom. The number of amidine groups is 1. The lowest BCUT2D eigenvalue weighted by Crippen LogP contribution is -2.34. The first-order valence-electron chi connectivity index (χ1n) is 10.7. The van der Waals surface area contributed by atoms with E-state index >= 15 is 0 Å². The molecule has 0 saturated heterocycles. The highest BCUT2D eigenvalue weighted by atomic mass is 35.5. The fourth-order valence-corrected chi connectivity index (χ4v) is 4.74. The molecule has 1 amide bonds. The van der Waals surface area contributed by atoms with Crippen molar-refractivity contribution in [3.8, 4) is 5.75 Å². The molecular formula is C25H24ClN3O4S. The van der Waals surface area contributed by atoms with Crippen molar-refractivity contribution in [2.75, 3.05) is 18.5 Å². The number of para-hydroxylation sites is 1. The van der Waals surface area contributed by atoms with Crippen LogP contribution in [0, 0.1) is 6.92 Å². The number of hydrogen-bond acceptors (Lipinski definition) is 7. The number of ether oxygens (including phenoxy) is 2. The van der Waals surface area contributed by atoms with Gasteiger partial charge in [0.25, 0.3) is 5.91 Å². The van der Waals surface area contributed by atoms with Gasteiger partial charge in [-0.1, -0.05) is 47.6 Å². The van der Waals surface area contributed by atoms with Crippen molar-refractivity contribution in [3.05, 3.63) is 81.5 Å². The third-order valence-electron chi connectivity index (χ3n) is 5.36. The van der Waals surface area contributed by atoms with Gasteiger partial charge in [0.2, 0.25) is 0 Å². The number of anilines is 1. The minimum Gasteiger partial charge on any atom is -0.483 e. The van der Waals surface area contributed by atoms with Crippen molar-refractivity contribution in [1.82, 2.24) is 4.90 Å². The van der Waals surface area contributed by atoms with Crippen LogP contribution in [0.25, 0.3) is 0 Å². The van der Waals surface area contributed by atoms with E-state index in [1.165, 1.54) is 11.8 Å². The van der Waals surface area contributed by atoms with Gasteiger partial charge in [0, 0.05) is 22.5 Å². The van der Waals surface area contributed by atoms with E-state index in [-0.39, 0.29) is 19.1 Å². The van der Waals surface area contributed by atoms with Crippen molar-refractivity contribution < 1.29 is 19.1 Å². The van der Waals surface area contributed by atoms with Crippen molar-refractivity contribution in [2.24, 2.45) is 4.99 Å². The van der Waals surface area contributed by atoms with Gasteiger partial charge in [0.1, 0.15) is 5.75 Å². The summed E-state index contributed by atoms with van der Waals surface area (Å²) >= 11 is 7.53. The number of benzene rings is 2. The lowest BCUT2D eigenvalue weighted by Gasteiger charge is -2.34. The second-order valence-corrected chi connectivity index (χ2v) is 8.97. The predicted octanol–water partition coefficient (Wildman–Crippen LogP) is 5.43. The summed E-state index contributed by atoms with van der Waals surface area (Å²) in [7, 11) is 0. The second-order valence-electron chi connectivity index (χ2n) is 7.66. The minimum absolute atomic E-state index is 0.210. The number of carbonyl (C=O) groups excluding carboxylic acids is 2. The fraction of sp³-hybridized carbons (Fsp3) is 0.240. The van der Waals surface area contributed by atoms with Crippen LogP contribution in [0.2, 0.25) is 5.02 Å². The summed E-state index contributed by atoms with van der Waals surface area (Å²) in [6, 6.07) is 12.2. The Balaban J connectivity index is 1.60. The van der Waals surface area contributed by atoms with Gasteiger partial charge >= 0.3 is 5.97 Å². The van der Waals surface area contributed by atoms with Crippen LogP contribution in [0.5, 0.6) is 5.75 Å². The zero-order valence-electron chi connectivity index (χ0n) is 19.0. The van der Waals surface area contributed by atoms with Crippen molar-refractivity contribution in [2.45, 2.75) is 26.8 Å². The molecule has 1 N–H and O–H groups in total. The number of nitrogens with one attached hydrogen (secondary N) is 1. The Kier molecular flexibility index (Phi) is 7.29. The minimum atomic E-state index is -0.493. The normalized spacial score (nSPS) is 16.8. The van der Waals surface area contributed by atoms with Crippen LogP contribution in [0.4, 0.5) is 5.69 Å². The Hall–Kier alpha value is -3.23. The van der Waals surface area contributed by atoms with E-state index in [1.807, 2.05) is 47.7 Å². The lowest BCUT2D eigenvalue weighted by molar-refractivity contribution is -0.139. The molecule has 4 rings (SSSR count). The molecule has 0 fully saturated rings. The third kappa shape index (κ3) is 4.98. The smallest absolute Gasteiger partial charge is 0.338 e. The van der Waals surface area contributed by atoms with E-state index in [0.29, 0.717) is 27.7 Å². The Bertz CT molecular complexity index is 1220. The van der Waals surface area contributed by atoms with Crippen molar-refractivity contribution in [3.63, 3.8) is 0 Å². The molecule has 0 aromatic heterocycles. The first kappa shape index (κ1) is 23.9. The number of allylic oxidation sites excluding steroid dienone is 1. The van der Waals surface area contributed by atoms with Gasteiger partial charge in [-0.25, -0.2) is 9.79 Å². The Labute approximate surface area is 207 Å². The average Bonchev–Trinajstić information content (AvgIpc) is 3.27. The van der Waals surface area contributed by atoms with Crippen molar-refractivity contribution >= 4 is 46.1 Å². The fourth-order valence-electron chi connectivity index (χ4n) is 3.77. The lowest BCUT2D eigenvalue weighted by atomic mass is 9.94. The molecule has 176 valence electrons. The van der Waals surface area contributed by atoms with E-state index in [2.05, 4.69) is 10.3 Å². The van der Waals surface area contributed by atoms with Gasteiger partial charge in [-0.05, 0) is 49.9 Å². The topological polar surface area (TPSA) is 80.2 Å². The summed E-state index contributed by atoms with van der Waals surface area (Å²) in [5, 5.41) is 6.04. The molecule has 0 unspecified atom stereocenters. The van der Waals surface area contributed by atoms with Crippen LogP contribution in [0.3, 0.4) is 0 Å². The molecule has 2 aromatic carbocycles. The number of aryl methyl sites for hydroxylation is 1. The number of carbonyl (C=O) groups is 2. The number of fused-ring (bicyclic) bond motifs is 1. The van der Waals surface area contributed by atoms with E-state index < -0.39 is 12.0 Å². The number of thioether (sulfide) groups is 1. The number of aliphatic imine (C=N–C) groups is 1. The molecule has 9 heteroatoms. The molecule has 0 spiro atoms. The monoisotopic (exact) mass is 497 g/mol. The summed E-state index contributed by atoms with van der Waals surface area (Å²) in [6.45, 7) is 5.50. The maximum Gasteiger partial charge on any atom is 0.338 e. The average molecular weight is 498 g/mol. The highest BCUT2D eigenvalue weighted by molar-refractivity contribution is 8.16. The number of amides is 1. The third-order valence-corrected chi connectivity index (χ3v) is 6.37. The molecule has 0 radical (unpaired) electrons. The molecule has 1 atom stereocenters. The highest BCUT2D eigenvalue weighted by Gasteiger charge is 2.38. The molecule has 0 bridgehead atoms. The van der Waals surface area contributed by atoms with Gasteiger partial charge in [0.05, 0.1) is 23.9 Å². The Morgan fingerprint density at radius 2 is 2.00 bits per heavy atom. The first-order chi connectivity index (χ1) is 16.4. The zero-order valence-corrected chi connectivity index (χ0v) is 20.6. The SMILES string of the molecule is CCOC(=O)C1=C(C)N=C2SC=CN2[C@H]1c1ccccc1OCC(=O)Nc1cc(Cl)ccc1C. The maximum absolute atomic E-state index is 12.9. The van der Waals surface area contributed by atoms with E-state index in [9.17, 15) is 9.59 Å². The van der Waals surface area contributed by atoms with Crippen LogP contribution in [0.1, 0.15) is 31.0 Å². The predicted molar refractivity (Wildman–Crippen MR) is 135 cm³/mol. The molecule has 7 nitrogen and oxygen atoms in total. The standard InChI is InChI=1S/C25H24ClN3O4S/c1-4-32-24(31)22-16(3)27-25-29(11-12-34-25)23(22)18-7-5-6-8-20(18)33-14-21(30)28-19-13-17(26)10-9-15(19)2/h5-13,23H,4,14H2,1-3H3,(H,28,30)/t23-/m0/s1. The molecule has 2 heterocycles. The van der Waals surface area contributed by atoms with Gasteiger partial charge in [0.15, 0.2) is 11.8 Å². The van der Waals surface area contributed by atoms with Crippen LogP contribution in [-0.2, 0) is 14.3 Å². The summed E-state index contributed by atoms with van der Waals surface area (Å²) in [5.74, 6) is -0.256. The molecule has 34 heavy (non-hydrogen) atoms. The number of rotatable bonds is 7. The highest BCUT2D eigenvalue weighted by Crippen LogP contribution is 2.43. The molecule has 2 aliphatic rings. The first-order valence-corrected chi connectivity index (χ1v) is 12.0.